The van der Waals surface area contributed by atoms with Crippen LogP contribution < -0.4 is 0 Å². The van der Waals surface area contributed by atoms with Gasteiger partial charge >= 0.3 is 0 Å². The van der Waals surface area contributed by atoms with E-state index in [2.05, 4.69) is 45.5 Å². The SMILES string of the molecule is [2H]c1c([2H])c([2H])c(-c2ccc(-n3c4ccccc4c4cc5c(cc43)c3ccccc3n5-c3nc(-c4ccccc4)nc(-c4ccccc4)n3)cc2)c([2H])c1[2H]. The van der Waals surface area contributed by atoms with Crippen molar-refractivity contribution in [3.05, 3.63) is 176 Å². The average Bonchev–Trinajstić information content (AvgIpc) is 3.74. The molecule has 234 valence electrons. The lowest BCUT2D eigenvalue weighted by molar-refractivity contribution is 0.954. The number of rotatable bonds is 5. The molecule has 0 spiro atoms. The van der Waals surface area contributed by atoms with Crippen LogP contribution in [0.3, 0.4) is 0 Å². The molecule has 5 heteroatoms. The molecule has 0 unspecified atom stereocenters. The van der Waals surface area contributed by atoms with E-state index in [0.29, 0.717) is 23.2 Å². The van der Waals surface area contributed by atoms with E-state index >= 15 is 0 Å². The summed E-state index contributed by atoms with van der Waals surface area (Å²) in [6.07, 6.45) is 0. The summed E-state index contributed by atoms with van der Waals surface area (Å²) in [5.41, 5.74) is 7.33. The van der Waals surface area contributed by atoms with Crippen LogP contribution in [0.4, 0.5) is 0 Å². The van der Waals surface area contributed by atoms with Crippen molar-refractivity contribution in [3.8, 4) is 45.5 Å². The first kappa shape index (κ1) is 23.5. The van der Waals surface area contributed by atoms with Crippen LogP contribution in [0.15, 0.2) is 176 Å². The molecule has 0 saturated heterocycles. The van der Waals surface area contributed by atoms with Crippen LogP contribution >= 0.6 is 0 Å². The number of nitrogens with zero attached hydrogens (tertiary/aromatic N) is 5. The van der Waals surface area contributed by atoms with Crippen molar-refractivity contribution in [3.63, 3.8) is 0 Å². The molecule has 0 aliphatic rings. The van der Waals surface area contributed by atoms with Crippen LogP contribution in [-0.4, -0.2) is 24.1 Å². The van der Waals surface area contributed by atoms with Crippen molar-refractivity contribution in [2.24, 2.45) is 0 Å². The number of hydrogen-bond donors (Lipinski definition) is 0. The van der Waals surface area contributed by atoms with Crippen molar-refractivity contribution < 1.29 is 6.85 Å². The molecule has 0 atom stereocenters. The van der Waals surface area contributed by atoms with E-state index in [1.807, 2.05) is 109 Å². The molecule has 0 N–H and O–H groups in total. The number of benzene rings is 7. The van der Waals surface area contributed by atoms with Crippen molar-refractivity contribution in [2.75, 3.05) is 0 Å². The highest BCUT2D eigenvalue weighted by Crippen LogP contribution is 2.39. The summed E-state index contributed by atoms with van der Waals surface area (Å²) in [7, 11) is 0. The molecule has 0 aliphatic heterocycles. The van der Waals surface area contributed by atoms with Gasteiger partial charge in [-0.05, 0) is 47.5 Å². The van der Waals surface area contributed by atoms with Gasteiger partial charge in [0.15, 0.2) is 11.6 Å². The van der Waals surface area contributed by atoms with Crippen molar-refractivity contribution in [1.29, 1.82) is 0 Å². The minimum Gasteiger partial charge on any atom is -0.309 e. The summed E-state index contributed by atoms with van der Waals surface area (Å²) in [6, 6.07) is 46.9. The Kier molecular flexibility index (Phi) is 5.35. The minimum atomic E-state index is -0.405. The molecule has 0 bridgehead atoms. The molecule has 50 heavy (non-hydrogen) atoms. The molecule has 0 radical (unpaired) electrons. The molecule has 0 fully saturated rings. The van der Waals surface area contributed by atoms with Gasteiger partial charge in [-0.2, -0.15) is 9.97 Å². The van der Waals surface area contributed by atoms with Crippen LogP contribution in [0.1, 0.15) is 6.85 Å². The van der Waals surface area contributed by atoms with E-state index in [-0.39, 0.29) is 29.7 Å². The van der Waals surface area contributed by atoms with E-state index < -0.39 is 6.04 Å². The molecule has 0 aliphatic carbocycles. The number of para-hydroxylation sites is 2. The maximum Gasteiger partial charge on any atom is 0.238 e. The summed E-state index contributed by atoms with van der Waals surface area (Å²) in [4.78, 5) is 15.1. The quantitative estimate of drug-likeness (QED) is 0.187. The van der Waals surface area contributed by atoms with E-state index in [0.717, 1.165) is 60.4 Å². The second-order valence-electron chi connectivity index (χ2n) is 12.2. The highest BCUT2D eigenvalue weighted by molar-refractivity contribution is 6.18. The first-order chi connectivity index (χ1) is 26.9. The maximum absolute atomic E-state index is 8.51. The fourth-order valence-electron chi connectivity index (χ4n) is 6.99. The van der Waals surface area contributed by atoms with Gasteiger partial charge in [-0.3, -0.25) is 4.57 Å². The van der Waals surface area contributed by atoms with Gasteiger partial charge < -0.3 is 4.57 Å². The molecule has 10 aromatic rings. The van der Waals surface area contributed by atoms with Crippen molar-refractivity contribution in [2.45, 2.75) is 0 Å². The summed E-state index contributed by atoms with van der Waals surface area (Å²) in [6.45, 7) is 0. The predicted octanol–water partition coefficient (Wildman–Crippen LogP) is 11.1. The van der Waals surface area contributed by atoms with Crippen molar-refractivity contribution >= 4 is 43.6 Å². The van der Waals surface area contributed by atoms with Crippen molar-refractivity contribution in [1.82, 2.24) is 24.1 Å². The smallest absolute Gasteiger partial charge is 0.238 e. The lowest BCUT2D eigenvalue weighted by Gasteiger charge is -2.11. The normalized spacial score (nSPS) is 13.0. The standard InChI is InChI=1S/C45H29N5/c1-4-14-30(15-5-1)31-24-26-34(27-25-31)49-39-22-12-10-20-35(39)37-29-42-38(28-41(37)49)36-21-11-13-23-40(36)50(42)45-47-43(32-16-6-2-7-17-32)46-44(48-45)33-18-8-3-9-19-33/h1-29H/i1D,4D,5D,14D,15D. The van der Waals surface area contributed by atoms with Crippen LogP contribution in [0.5, 0.6) is 0 Å². The Bertz CT molecular complexity index is 3050. The van der Waals surface area contributed by atoms with Gasteiger partial charge in [0.25, 0.3) is 0 Å². The van der Waals surface area contributed by atoms with Crippen LogP contribution in [0, 0.1) is 0 Å². The molecule has 3 heterocycles. The maximum atomic E-state index is 8.51. The third kappa shape index (κ3) is 4.52. The molecule has 3 aromatic heterocycles. The largest absolute Gasteiger partial charge is 0.309 e. The third-order valence-electron chi connectivity index (χ3n) is 9.27. The van der Waals surface area contributed by atoms with Gasteiger partial charge in [0.2, 0.25) is 5.95 Å². The first-order valence-corrected chi connectivity index (χ1v) is 16.4. The van der Waals surface area contributed by atoms with E-state index in [4.69, 9.17) is 21.8 Å². The first-order valence-electron chi connectivity index (χ1n) is 18.9. The average molecular weight is 645 g/mol. The molecular weight excluding hydrogens is 611 g/mol. The summed E-state index contributed by atoms with van der Waals surface area (Å²) < 4.78 is 45.7. The van der Waals surface area contributed by atoms with E-state index in [9.17, 15) is 0 Å². The fraction of sp³-hybridized carbons (Fsp3) is 0. The highest BCUT2D eigenvalue weighted by Gasteiger charge is 2.21. The van der Waals surface area contributed by atoms with E-state index in [1.165, 1.54) is 0 Å². The Morgan fingerprint density at radius 1 is 0.380 bits per heavy atom. The minimum absolute atomic E-state index is 0.179. The zero-order valence-corrected chi connectivity index (χ0v) is 26.6. The Morgan fingerprint density at radius 3 is 1.46 bits per heavy atom. The van der Waals surface area contributed by atoms with Gasteiger partial charge in [-0.15, -0.1) is 0 Å². The molecule has 10 rings (SSSR count). The zero-order valence-electron chi connectivity index (χ0n) is 31.6. The monoisotopic (exact) mass is 644 g/mol. The Morgan fingerprint density at radius 2 is 0.880 bits per heavy atom. The van der Waals surface area contributed by atoms with Gasteiger partial charge in [0.05, 0.1) is 28.9 Å². The van der Waals surface area contributed by atoms with Gasteiger partial charge in [0.1, 0.15) is 0 Å². The molecule has 0 saturated carbocycles. The molecular formula is C45H29N5. The summed E-state index contributed by atoms with van der Waals surface area (Å²) in [5.74, 6) is 1.69. The highest BCUT2D eigenvalue weighted by atomic mass is 15.2. The van der Waals surface area contributed by atoms with Crippen LogP contribution in [0.25, 0.3) is 89.2 Å². The van der Waals surface area contributed by atoms with Crippen LogP contribution in [0.2, 0.25) is 0 Å². The zero-order chi connectivity index (χ0) is 37.4. The second-order valence-corrected chi connectivity index (χ2v) is 12.2. The second kappa shape index (κ2) is 11.4. The topological polar surface area (TPSA) is 48.5 Å². The van der Waals surface area contributed by atoms with Gasteiger partial charge in [-0.25, -0.2) is 4.98 Å². The summed E-state index contributed by atoms with van der Waals surface area (Å²) in [5, 5.41) is 4.19. The lowest BCUT2D eigenvalue weighted by atomic mass is 10.1. The fourth-order valence-corrected chi connectivity index (χ4v) is 6.99. The predicted molar refractivity (Wildman–Crippen MR) is 205 cm³/mol. The van der Waals surface area contributed by atoms with Gasteiger partial charge in [0, 0.05) is 38.4 Å². The Hall–Kier alpha value is -6.85. The lowest BCUT2D eigenvalue weighted by Crippen LogP contribution is -2.06. The number of aromatic nitrogens is 5. The number of fused-ring (bicyclic) bond motifs is 6. The number of hydrogen-bond acceptors (Lipinski definition) is 3. The Balaban J connectivity index is 1.22. The molecule has 5 nitrogen and oxygen atoms in total. The molecule has 7 aromatic carbocycles. The Labute approximate surface area is 295 Å². The third-order valence-corrected chi connectivity index (χ3v) is 9.27. The molecule has 0 amide bonds. The van der Waals surface area contributed by atoms with Gasteiger partial charge in [-0.1, -0.05) is 139 Å². The summed E-state index contributed by atoms with van der Waals surface area (Å²) >= 11 is 0. The van der Waals surface area contributed by atoms with Crippen LogP contribution in [-0.2, 0) is 0 Å². The van der Waals surface area contributed by atoms with E-state index in [1.54, 1.807) is 0 Å².